The second-order valence-electron chi connectivity index (χ2n) is 7.62. The number of ether oxygens (including phenoxy) is 1. The zero-order valence-corrected chi connectivity index (χ0v) is 15.5. The summed E-state index contributed by atoms with van der Waals surface area (Å²) in [4.78, 5) is 50.2. The number of hydrogen-bond donors (Lipinski definition) is 1. The first-order valence-corrected chi connectivity index (χ1v) is 9.49. The van der Waals surface area contributed by atoms with Gasteiger partial charge in [0.15, 0.2) is 6.61 Å². The maximum atomic E-state index is 12.5. The van der Waals surface area contributed by atoms with Crippen molar-refractivity contribution < 1.29 is 23.9 Å². The molecule has 1 saturated carbocycles. The third kappa shape index (κ3) is 3.21. The minimum Gasteiger partial charge on any atom is -0.454 e. The second-order valence-corrected chi connectivity index (χ2v) is 7.62. The lowest BCUT2D eigenvalue weighted by Gasteiger charge is -2.17. The van der Waals surface area contributed by atoms with Crippen LogP contribution < -0.4 is 5.32 Å². The van der Waals surface area contributed by atoms with E-state index < -0.39 is 25.0 Å². The summed E-state index contributed by atoms with van der Waals surface area (Å²) in [6.07, 6.45) is 4.83. The van der Waals surface area contributed by atoms with Crippen LogP contribution in [0.25, 0.3) is 0 Å². The number of esters is 1. The number of nitrogens with zero attached hydrogens (tertiary/aromatic N) is 1. The molecule has 1 aromatic rings. The highest BCUT2D eigenvalue weighted by Crippen LogP contribution is 2.52. The minimum atomic E-state index is -0.760. The van der Waals surface area contributed by atoms with Crippen LogP contribution in [0.5, 0.6) is 0 Å². The molecule has 146 valence electrons. The third-order valence-electron chi connectivity index (χ3n) is 5.89. The number of allylic oxidation sites excluding steroid dienone is 2. The van der Waals surface area contributed by atoms with Crippen molar-refractivity contribution in [2.75, 3.05) is 13.2 Å². The Morgan fingerprint density at radius 2 is 1.71 bits per heavy atom. The molecule has 4 rings (SSSR count). The van der Waals surface area contributed by atoms with Gasteiger partial charge in [0.1, 0.15) is 6.54 Å². The largest absolute Gasteiger partial charge is 0.454 e. The van der Waals surface area contributed by atoms with Gasteiger partial charge >= 0.3 is 5.97 Å². The number of amides is 3. The maximum absolute atomic E-state index is 12.5. The van der Waals surface area contributed by atoms with Crippen molar-refractivity contribution in [1.29, 1.82) is 0 Å². The van der Waals surface area contributed by atoms with Crippen molar-refractivity contribution in [3.63, 3.8) is 0 Å². The van der Waals surface area contributed by atoms with E-state index >= 15 is 0 Å². The third-order valence-corrected chi connectivity index (χ3v) is 5.89. The number of carbonyl (C=O) groups excluding carboxylic acids is 4. The highest BCUT2D eigenvalue weighted by molar-refractivity contribution is 6.08. The quantitative estimate of drug-likeness (QED) is 0.454. The van der Waals surface area contributed by atoms with Crippen LogP contribution in [0.2, 0.25) is 0 Å². The van der Waals surface area contributed by atoms with Crippen LogP contribution in [0.1, 0.15) is 24.9 Å². The molecule has 5 atom stereocenters. The number of carbonyl (C=O) groups is 4. The van der Waals surface area contributed by atoms with Gasteiger partial charge in [0.25, 0.3) is 5.91 Å². The summed E-state index contributed by atoms with van der Waals surface area (Å²) in [5.74, 6) is -2.30. The van der Waals surface area contributed by atoms with E-state index in [0.29, 0.717) is 0 Å². The van der Waals surface area contributed by atoms with Crippen molar-refractivity contribution in [3.05, 3.63) is 48.0 Å². The molecule has 1 saturated heterocycles. The molecule has 1 N–H and O–H groups in total. The Morgan fingerprint density at radius 3 is 2.32 bits per heavy atom. The lowest BCUT2D eigenvalue weighted by Crippen LogP contribution is -2.39. The fourth-order valence-electron chi connectivity index (χ4n) is 4.55. The van der Waals surface area contributed by atoms with Gasteiger partial charge in [0, 0.05) is 0 Å². The summed E-state index contributed by atoms with van der Waals surface area (Å²) in [5, 5.41) is 2.74. The molecule has 2 fully saturated rings. The van der Waals surface area contributed by atoms with E-state index in [9.17, 15) is 19.2 Å². The first kappa shape index (κ1) is 18.4. The Bertz CT molecular complexity index is 820. The highest BCUT2D eigenvalue weighted by Gasteiger charge is 2.59. The Hall–Kier alpha value is -2.96. The predicted octanol–water partition coefficient (Wildman–Crippen LogP) is 1.21. The van der Waals surface area contributed by atoms with E-state index in [2.05, 4.69) is 5.32 Å². The summed E-state index contributed by atoms with van der Waals surface area (Å²) >= 11 is 0. The number of fused-ring (bicyclic) bond motifs is 5. The molecule has 7 nitrogen and oxygen atoms in total. The van der Waals surface area contributed by atoms with Crippen molar-refractivity contribution in [2.45, 2.75) is 19.4 Å². The average Bonchev–Trinajstić information content (AvgIpc) is 3.37. The van der Waals surface area contributed by atoms with Crippen LogP contribution in [0, 0.1) is 23.7 Å². The van der Waals surface area contributed by atoms with Gasteiger partial charge in [-0.05, 0) is 30.7 Å². The van der Waals surface area contributed by atoms with Gasteiger partial charge < -0.3 is 10.1 Å². The molecule has 2 bridgehead atoms. The highest BCUT2D eigenvalue weighted by atomic mass is 16.5. The normalized spacial score (nSPS) is 28.4. The van der Waals surface area contributed by atoms with Gasteiger partial charge in [-0.1, -0.05) is 42.5 Å². The zero-order chi connectivity index (χ0) is 19.8. The van der Waals surface area contributed by atoms with Crippen molar-refractivity contribution in [1.82, 2.24) is 10.2 Å². The Labute approximate surface area is 162 Å². The van der Waals surface area contributed by atoms with Crippen LogP contribution in [0.15, 0.2) is 42.5 Å². The summed E-state index contributed by atoms with van der Waals surface area (Å²) in [5.41, 5.74) is 0.935. The van der Waals surface area contributed by atoms with Gasteiger partial charge in [-0.3, -0.25) is 24.1 Å². The van der Waals surface area contributed by atoms with Crippen LogP contribution in [-0.4, -0.2) is 41.7 Å². The number of hydrogen-bond acceptors (Lipinski definition) is 5. The number of benzene rings is 1. The standard InChI is InChI=1S/C21H22N2O5/c1-12(13-5-3-2-4-6-13)22-16(24)11-28-17(25)10-23-20(26)18-14-7-8-15(9-14)19(18)21(23)27/h2-8,12,14-15,18-19H,9-11H2,1H3,(H,22,24)/t12-,14-,15-,18-,19-/m0/s1. The van der Waals surface area contributed by atoms with Crippen molar-refractivity contribution >= 4 is 23.7 Å². The second kappa shape index (κ2) is 7.22. The van der Waals surface area contributed by atoms with E-state index in [0.717, 1.165) is 16.9 Å². The van der Waals surface area contributed by atoms with Crippen LogP contribution in [0.3, 0.4) is 0 Å². The lowest BCUT2D eigenvalue weighted by molar-refractivity contribution is -0.155. The van der Waals surface area contributed by atoms with Gasteiger partial charge in [-0.2, -0.15) is 0 Å². The molecule has 2 aliphatic carbocycles. The molecule has 0 spiro atoms. The van der Waals surface area contributed by atoms with Crippen molar-refractivity contribution in [2.24, 2.45) is 23.7 Å². The SMILES string of the molecule is C[C@H](NC(=O)COC(=O)CN1C(=O)[C@@H]2[C@@H](C1=O)[C@H]1C=C[C@H]2C1)c1ccccc1. The molecule has 1 aliphatic heterocycles. The summed E-state index contributed by atoms with van der Waals surface area (Å²) in [6, 6.07) is 9.19. The average molecular weight is 382 g/mol. The molecule has 0 radical (unpaired) electrons. The summed E-state index contributed by atoms with van der Waals surface area (Å²) in [7, 11) is 0. The minimum absolute atomic E-state index is 0.0951. The summed E-state index contributed by atoms with van der Waals surface area (Å²) in [6.45, 7) is 0.940. The van der Waals surface area contributed by atoms with Crippen LogP contribution in [0.4, 0.5) is 0 Å². The van der Waals surface area contributed by atoms with Crippen LogP contribution >= 0.6 is 0 Å². The van der Waals surface area contributed by atoms with Gasteiger partial charge in [0.05, 0.1) is 17.9 Å². The molecular formula is C21H22N2O5. The Morgan fingerprint density at radius 1 is 1.11 bits per heavy atom. The van der Waals surface area contributed by atoms with E-state index in [1.54, 1.807) is 0 Å². The molecule has 7 heteroatoms. The fraction of sp³-hybridized carbons (Fsp3) is 0.429. The maximum Gasteiger partial charge on any atom is 0.326 e. The molecule has 0 unspecified atom stereocenters. The van der Waals surface area contributed by atoms with Gasteiger partial charge in [0.2, 0.25) is 11.8 Å². The topological polar surface area (TPSA) is 92.8 Å². The monoisotopic (exact) mass is 382 g/mol. The number of nitrogens with one attached hydrogen (secondary N) is 1. The molecule has 3 amide bonds. The van der Waals surface area contributed by atoms with Crippen molar-refractivity contribution in [3.8, 4) is 0 Å². The Balaban J connectivity index is 1.27. The fourth-order valence-corrected chi connectivity index (χ4v) is 4.55. The summed E-state index contributed by atoms with van der Waals surface area (Å²) < 4.78 is 4.98. The van der Waals surface area contributed by atoms with E-state index in [-0.39, 0.29) is 41.5 Å². The molecule has 0 aromatic heterocycles. The van der Waals surface area contributed by atoms with E-state index in [4.69, 9.17) is 4.74 Å². The number of rotatable bonds is 6. The van der Waals surface area contributed by atoms with E-state index in [1.165, 1.54) is 0 Å². The number of imide groups is 1. The molecule has 1 heterocycles. The molecule has 1 aromatic carbocycles. The molecular weight excluding hydrogens is 360 g/mol. The first-order chi connectivity index (χ1) is 13.5. The molecule has 3 aliphatic rings. The zero-order valence-electron chi connectivity index (χ0n) is 15.5. The van der Waals surface area contributed by atoms with E-state index in [1.807, 2.05) is 49.4 Å². The van der Waals surface area contributed by atoms with Gasteiger partial charge in [-0.15, -0.1) is 0 Å². The predicted molar refractivity (Wildman–Crippen MR) is 98.4 cm³/mol. The first-order valence-electron chi connectivity index (χ1n) is 9.49. The Kier molecular flexibility index (Phi) is 4.75. The smallest absolute Gasteiger partial charge is 0.326 e. The van der Waals surface area contributed by atoms with Crippen LogP contribution in [-0.2, 0) is 23.9 Å². The number of likely N-dealkylation sites (tertiary alicyclic amines) is 1. The molecule has 28 heavy (non-hydrogen) atoms. The van der Waals surface area contributed by atoms with Gasteiger partial charge in [-0.25, -0.2) is 0 Å². The lowest BCUT2D eigenvalue weighted by atomic mass is 9.85.